The van der Waals surface area contributed by atoms with Crippen molar-refractivity contribution in [3.8, 4) is 0 Å². The minimum Gasteiger partial charge on any atom is -0.375 e. The second-order valence-electron chi connectivity index (χ2n) is 8.47. The van der Waals surface area contributed by atoms with Crippen molar-refractivity contribution >= 4 is 27.3 Å². The van der Waals surface area contributed by atoms with E-state index in [1.165, 1.54) is 11.9 Å². The normalized spacial score (nSPS) is 20.6. The number of ether oxygens (including phenoxy) is 1. The summed E-state index contributed by atoms with van der Waals surface area (Å²) in [5.41, 5.74) is 2.97. The van der Waals surface area contributed by atoms with Crippen LogP contribution in [0.1, 0.15) is 31.9 Å². The molecule has 0 saturated heterocycles. The lowest BCUT2D eigenvalue weighted by atomic mass is 9.77. The number of benzene rings is 2. The number of likely N-dealkylation sites (N-methyl/N-ethyl adjacent to an activating group) is 1. The highest BCUT2D eigenvalue weighted by atomic mass is 32.2. The van der Waals surface area contributed by atoms with E-state index in [4.69, 9.17) is 4.74 Å². The van der Waals surface area contributed by atoms with Crippen molar-refractivity contribution in [2.45, 2.75) is 36.8 Å². The molecule has 5 nitrogen and oxygen atoms in total. The molecule has 0 bridgehead atoms. The second kappa shape index (κ2) is 7.75. The van der Waals surface area contributed by atoms with Gasteiger partial charge in [-0.2, -0.15) is 0 Å². The van der Waals surface area contributed by atoms with Gasteiger partial charge in [-0.1, -0.05) is 32.1 Å². The molecular formula is C24H32N2O3S. The maximum absolute atomic E-state index is 12.1. The second-order valence-corrected chi connectivity index (χ2v) is 10.5. The summed E-state index contributed by atoms with van der Waals surface area (Å²) in [6.07, 6.45) is 5.38. The first kappa shape index (κ1) is 22.4. The van der Waals surface area contributed by atoms with Gasteiger partial charge in [-0.25, -0.2) is 8.42 Å². The fourth-order valence-corrected chi connectivity index (χ4v) is 4.99. The van der Waals surface area contributed by atoms with Gasteiger partial charge in [0, 0.05) is 50.8 Å². The van der Waals surface area contributed by atoms with Gasteiger partial charge in [-0.05, 0) is 54.5 Å². The maximum Gasteiger partial charge on any atom is 0.175 e. The first-order chi connectivity index (χ1) is 14.0. The molecule has 30 heavy (non-hydrogen) atoms. The third-order valence-electron chi connectivity index (χ3n) is 6.45. The summed E-state index contributed by atoms with van der Waals surface area (Å²) in [6, 6.07) is 13.7. The largest absolute Gasteiger partial charge is 0.375 e. The molecule has 0 saturated carbocycles. The summed E-state index contributed by atoms with van der Waals surface area (Å²) in [4.78, 5) is 4.60. The number of nitrogens with zero attached hydrogens (tertiary/aromatic N) is 2. The Labute approximate surface area is 180 Å². The van der Waals surface area contributed by atoms with Gasteiger partial charge in [0.25, 0.3) is 0 Å². The molecule has 1 unspecified atom stereocenters. The van der Waals surface area contributed by atoms with Crippen molar-refractivity contribution in [2.24, 2.45) is 0 Å². The van der Waals surface area contributed by atoms with E-state index in [2.05, 4.69) is 74.0 Å². The summed E-state index contributed by atoms with van der Waals surface area (Å²) in [5.74, 6) is 0. The molecule has 2 aromatic carbocycles. The fraction of sp³-hybridized carbons (Fsp3) is 0.417. The molecule has 1 aliphatic heterocycles. The van der Waals surface area contributed by atoms with Crippen molar-refractivity contribution in [3.05, 3.63) is 59.7 Å². The molecule has 0 spiro atoms. The zero-order valence-corrected chi connectivity index (χ0v) is 19.7. The van der Waals surface area contributed by atoms with Gasteiger partial charge in [-0.15, -0.1) is 0 Å². The molecule has 1 aliphatic rings. The molecule has 1 atom stereocenters. The van der Waals surface area contributed by atoms with Crippen molar-refractivity contribution in [1.29, 1.82) is 0 Å². The molecule has 6 heteroatoms. The lowest BCUT2D eigenvalue weighted by Gasteiger charge is -2.43. The van der Waals surface area contributed by atoms with Crippen molar-refractivity contribution in [3.63, 3.8) is 0 Å². The van der Waals surface area contributed by atoms with E-state index in [0.717, 1.165) is 23.4 Å². The molecule has 0 amide bonds. The van der Waals surface area contributed by atoms with E-state index in [9.17, 15) is 8.42 Å². The van der Waals surface area contributed by atoms with Crippen LogP contribution < -0.4 is 9.80 Å². The van der Waals surface area contributed by atoms with Gasteiger partial charge in [0.05, 0.1) is 4.90 Å². The third kappa shape index (κ3) is 3.52. The van der Waals surface area contributed by atoms with Gasteiger partial charge in [0.15, 0.2) is 15.6 Å². The minimum atomic E-state index is -3.29. The monoisotopic (exact) mass is 428 g/mol. The number of anilines is 2. The lowest BCUT2D eigenvalue weighted by Crippen LogP contribution is -2.54. The smallest absolute Gasteiger partial charge is 0.175 e. The number of sulfone groups is 1. The summed E-state index contributed by atoms with van der Waals surface area (Å²) < 4.78 is 30.3. The summed E-state index contributed by atoms with van der Waals surface area (Å²) in [7, 11) is 2.47. The quantitative estimate of drug-likeness (QED) is 0.685. The van der Waals surface area contributed by atoms with Crippen LogP contribution in [0.2, 0.25) is 0 Å². The molecule has 0 fully saturated rings. The van der Waals surface area contributed by atoms with Gasteiger partial charge >= 0.3 is 0 Å². The summed E-state index contributed by atoms with van der Waals surface area (Å²) in [5, 5.41) is 0. The van der Waals surface area contributed by atoms with Crippen LogP contribution in [0.25, 0.3) is 6.08 Å². The Hall–Kier alpha value is -2.31. The van der Waals surface area contributed by atoms with Crippen LogP contribution in [-0.2, 0) is 20.0 Å². The maximum atomic E-state index is 12.1. The van der Waals surface area contributed by atoms with Crippen LogP contribution in [0, 0.1) is 0 Å². The van der Waals surface area contributed by atoms with Gasteiger partial charge < -0.3 is 14.5 Å². The summed E-state index contributed by atoms with van der Waals surface area (Å²) >= 11 is 0. The van der Waals surface area contributed by atoms with Crippen molar-refractivity contribution in [2.75, 3.05) is 43.8 Å². The molecule has 0 aromatic heterocycles. The molecule has 2 aromatic rings. The highest BCUT2D eigenvalue weighted by molar-refractivity contribution is 7.90. The van der Waals surface area contributed by atoms with Gasteiger partial charge in [0.1, 0.15) is 0 Å². The van der Waals surface area contributed by atoms with Crippen LogP contribution in [-0.4, -0.2) is 48.1 Å². The molecular weight excluding hydrogens is 396 g/mol. The van der Waals surface area contributed by atoms with Crippen LogP contribution in [0.4, 0.5) is 11.4 Å². The van der Waals surface area contributed by atoms with Gasteiger partial charge in [0.2, 0.25) is 0 Å². The van der Waals surface area contributed by atoms with Gasteiger partial charge in [-0.3, -0.25) is 0 Å². The van der Waals surface area contributed by atoms with Crippen LogP contribution in [0.5, 0.6) is 0 Å². The van der Waals surface area contributed by atoms with E-state index in [0.29, 0.717) is 4.90 Å². The van der Waals surface area contributed by atoms with Crippen molar-refractivity contribution in [1.82, 2.24) is 0 Å². The first-order valence-corrected chi connectivity index (χ1v) is 12.0. The molecule has 3 rings (SSSR count). The lowest BCUT2D eigenvalue weighted by molar-refractivity contribution is -0.0122. The van der Waals surface area contributed by atoms with Crippen LogP contribution in [0.3, 0.4) is 0 Å². The average molecular weight is 429 g/mol. The van der Waals surface area contributed by atoms with Crippen molar-refractivity contribution < 1.29 is 13.2 Å². The molecule has 1 heterocycles. The Kier molecular flexibility index (Phi) is 5.78. The zero-order valence-electron chi connectivity index (χ0n) is 18.9. The van der Waals surface area contributed by atoms with E-state index in [1.807, 2.05) is 13.1 Å². The highest BCUT2D eigenvalue weighted by Crippen LogP contribution is 2.52. The predicted octanol–water partition coefficient (Wildman–Crippen LogP) is 4.33. The van der Waals surface area contributed by atoms with E-state index in [-0.39, 0.29) is 0 Å². The molecule has 162 valence electrons. The Balaban J connectivity index is 2.02. The zero-order chi connectivity index (χ0) is 22.3. The number of rotatable bonds is 6. The van der Waals surface area contributed by atoms with E-state index < -0.39 is 21.0 Å². The number of hydrogen-bond acceptors (Lipinski definition) is 5. The third-order valence-corrected chi connectivity index (χ3v) is 7.56. The predicted molar refractivity (Wildman–Crippen MR) is 125 cm³/mol. The highest BCUT2D eigenvalue weighted by Gasteiger charge is 2.55. The van der Waals surface area contributed by atoms with E-state index in [1.54, 1.807) is 19.2 Å². The number of fused-ring (bicyclic) bond motifs is 1. The standard InChI is InChI=1S/C24H32N2O3S/c1-8-25(4)19-11-9-18(10-12-19)15-16-24(29-6)23(2,3)21-17-20(30(7,27)28)13-14-22(21)26(24)5/h9-17H,8H2,1-7H3/b16-15+. The summed E-state index contributed by atoms with van der Waals surface area (Å²) in [6.45, 7) is 7.26. The molecule has 0 N–H and O–H groups in total. The fourth-order valence-electron chi connectivity index (χ4n) is 4.34. The first-order valence-electron chi connectivity index (χ1n) is 10.1. The Morgan fingerprint density at radius 3 is 2.30 bits per heavy atom. The Morgan fingerprint density at radius 2 is 1.77 bits per heavy atom. The van der Waals surface area contributed by atoms with Crippen LogP contribution >= 0.6 is 0 Å². The van der Waals surface area contributed by atoms with E-state index >= 15 is 0 Å². The molecule has 0 radical (unpaired) electrons. The SMILES string of the molecule is CCN(C)c1ccc(/C=C/C2(OC)N(C)c3ccc(S(C)(=O)=O)cc3C2(C)C)cc1. The molecule has 0 aliphatic carbocycles. The topological polar surface area (TPSA) is 49.9 Å². The number of hydrogen-bond donors (Lipinski definition) is 0. The number of methoxy groups -OCH3 is 1. The average Bonchev–Trinajstić information content (AvgIpc) is 2.88. The minimum absolute atomic E-state index is 0.328. The Bertz CT molecular complexity index is 1060. The van der Waals surface area contributed by atoms with Crippen LogP contribution in [0.15, 0.2) is 53.4 Å². The Morgan fingerprint density at radius 1 is 1.13 bits per heavy atom.